The first-order valence-corrected chi connectivity index (χ1v) is 6.97. The maximum Gasteiger partial charge on any atom is 0.0299 e. The summed E-state index contributed by atoms with van der Waals surface area (Å²) in [6, 6.07) is 4.34. The van der Waals surface area contributed by atoms with Crippen LogP contribution in [0, 0.1) is 11.8 Å². The molecule has 1 aromatic rings. The Balaban J connectivity index is 1.68. The molecule has 84 valence electrons. The molecule has 1 aromatic heterocycles. The summed E-state index contributed by atoms with van der Waals surface area (Å²) >= 11 is 1.85. The average molecular weight is 223 g/mol. The molecule has 2 heteroatoms. The van der Waals surface area contributed by atoms with Crippen molar-refractivity contribution in [1.29, 1.82) is 0 Å². The highest BCUT2D eigenvalue weighted by molar-refractivity contribution is 7.09. The zero-order chi connectivity index (χ0) is 10.5. The van der Waals surface area contributed by atoms with Crippen LogP contribution >= 0.6 is 11.3 Å². The molecule has 1 aliphatic carbocycles. The van der Waals surface area contributed by atoms with Gasteiger partial charge in [0.1, 0.15) is 0 Å². The zero-order valence-electron chi connectivity index (χ0n) is 9.54. The van der Waals surface area contributed by atoms with E-state index in [2.05, 4.69) is 29.8 Å². The Morgan fingerprint density at radius 2 is 2.27 bits per heavy atom. The van der Waals surface area contributed by atoms with Crippen molar-refractivity contribution < 1.29 is 0 Å². The fourth-order valence-electron chi connectivity index (χ4n) is 2.49. The van der Waals surface area contributed by atoms with E-state index in [4.69, 9.17) is 0 Å². The van der Waals surface area contributed by atoms with E-state index in [1.165, 1.54) is 37.1 Å². The molecule has 1 saturated carbocycles. The van der Waals surface area contributed by atoms with Crippen LogP contribution in [0.1, 0.15) is 37.5 Å². The Kier molecular flexibility index (Phi) is 4.21. The van der Waals surface area contributed by atoms with Crippen molar-refractivity contribution in [3.8, 4) is 0 Å². The first kappa shape index (κ1) is 11.2. The average Bonchev–Trinajstić information content (AvgIpc) is 2.74. The van der Waals surface area contributed by atoms with E-state index in [0.29, 0.717) is 0 Å². The molecular weight excluding hydrogens is 202 g/mol. The molecule has 15 heavy (non-hydrogen) atoms. The first-order valence-electron chi connectivity index (χ1n) is 6.09. The molecule has 2 atom stereocenters. The van der Waals surface area contributed by atoms with E-state index in [-0.39, 0.29) is 0 Å². The molecule has 1 heterocycles. The molecule has 2 unspecified atom stereocenters. The second kappa shape index (κ2) is 5.66. The second-order valence-electron chi connectivity index (χ2n) is 4.73. The molecule has 0 amide bonds. The van der Waals surface area contributed by atoms with Gasteiger partial charge >= 0.3 is 0 Å². The second-order valence-corrected chi connectivity index (χ2v) is 5.76. The predicted molar refractivity (Wildman–Crippen MR) is 67.1 cm³/mol. The van der Waals surface area contributed by atoms with Gasteiger partial charge in [0.15, 0.2) is 0 Å². The van der Waals surface area contributed by atoms with E-state index in [1.54, 1.807) is 0 Å². The van der Waals surface area contributed by atoms with Gasteiger partial charge in [-0.2, -0.15) is 0 Å². The smallest absolute Gasteiger partial charge is 0.0299 e. The van der Waals surface area contributed by atoms with Crippen LogP contribution in [0.2, 0.25) is 0 Å². The van der Waals surface area contributed by atoms with Crippen LogP contribution in [0.5, 0.6) is 0 Å². The highest BCUT2D eigenvalue weighted by atomic mass is 32.1. The van der Waals surface area contributed by atoms with Crippen LogP contribution < -0.4 is 5.32 Å². The summed E-state index contributed by atoms with van der Waals surface area (Å²) in [6.45, 7) is 4.68. The molecule has 1 nitrogen and oxygen atoms in total. The van der Waals surface area contributed by atoms with Crippen molar-refractivity contribution in [1.82, 2.24) is 5.32 Å². The van der Waals surface area contributed by atoms with Crippen LogP contribution in [0.4, 0.5) is 0 Å². The van der Waals surface area contributed by atoms with Gasteiger partial charge in [-0.1, -0.05) is 32.3 Å². The van der Waals surface area contributed by atoms with Gasteiger partial charge in [0.25, 0.3) is 0 Å². The van der Waals surface area contributed by atoms with Crippen LogP contribution in [0.15, 0.2) is 17.5 Å². The van der Waals surface area contributed by atoms with E-state index in [9.17, 15) is 0 Å². The number of nitrogens with one attached hydrogen (secondary N) is 1. The summed E-state index contributed by atoms with van der Waals surface area (Å²) in [4.78, 5) is 1.46. The Labute approximate surface area is 96.9 Å². The van der Waals surface area contributed by atoms with Crippen molar-refractivity contribution in [2.24, 2.45) is 11.8 Å². The lowest BCUT2D eigenvalue weighted by Crippen LogP contribution is -2.28. The number of rotatable bonds is 4. The van der Waals surface area contributed by atoms with E-state index in [1.807, 2.05) is 11.3 Å². The molecule has 2 rings (SSSR count). The monoisotopic (exact) mass is 223 g/mol. The van der Waals surface area contributed by atoms with Crippen molar-refractivity contribution in [3.63, 3.8) is 0 Å². The summed E-state index contributed by atoms with van der Waals surface area (Å²) in [6.07, 6.45) is 5.75. The van der Waals surface area contributed by atoms with Crippen LogP contribution in [-0.4, -0.2) is 6.54 Å². The van der Waals surface area contributed by atoms with Crippen molar-refractivity contribution in [2.75, 3.05) is 6.54 Å². The molecule has 1 fully saturated rings. The lowest BCUT2D eigenvalue weighted by Gasteiger charge is -2.28. The van der Waals surface area contributed by atoms with Gasteiger partial charge in [-0.05, 0) is 36.2 Å². The third-order valence-electron chi connectivity index (χ3n) is 3.57. The highest BCUT2D eigenvalue weighted by Crippen LogP contribution is 2.28. The summed E-state index contributed by atoms with van der Waals surface area (Å²) in [5.74, 6) is 1.84. The Hall–Kier alpha value is -0.340. The Bertz CT molecular complexity index is 268. The normalized spacial score (nSPS) is 26.7. The molecule has 0 aromatic carbocycles. The molecule has 0 saturated heterocycles. The third-order valence-corrected chi connectivity index (χ3v) is 4.45. The summed E-state index contributed by atoms with van der Waals surface area (Å²) in [5, 5.41) is 5.75. The summed E-state index contributed by atoms with van der Waals surface area (Å²) in [5.41, 5.74) is 0. The van der Waals surface area contributed by atoms with Gasteiger partial charge < -0.3 is 5.32 Å². The fourth-order valence-corrected chi connectivity index (χ4v) is 3.16. The molecule has 0 aliphatic heterocycles. The summed E-state index contributed by atoms with van der Waals surface area (Å²) in [7, 11) is 0. The molecule has 0 spiro atoms. The van der Waals surface area contributed by atoms with Crippen molar-refractivity contribution in [3.05, 3.63) is 22.4 Å². The fraction of sp³-hybridized carbons (Fsp3) is 0.692. The number of thiophene rings is 1. The molecule has 0 radical (unpaired) electrons. The summed E-state index contributed by atoms with van der Waals surface area (Å²) < 4.78 is 0. The predicted octanol–water partition coefficient (Wildman–Crippen LogP) is 3.66. The van der Waals surface area contributed by atoms with Crippen molar-refractivity contribution >= 4 is 11.3 Å². The first-order chi connectivity index (χ1) is 7.36. The Morgan fingerprint density at radius 1 is 1.40 bits per heavy atom. The van der Waals surface area contributed by atoms with Gasteiger partial charge in [-0.15, -0.1) is 11.3 Å². The minimum absolute atomic E-state index is 0.915. The van der Waals surface area contributed by atoms with E-state index in [0.717, 1.165) is 18.4 Å². The van der Waals surface area contributed by atoms with Gasteiger partial charge in [-0.3, -0.25) is 0 Å². The van der Waals surface area contributed by atoms with Gasteiger partial charge in [0.05, 0.1) is 0 Å². The van der Waals surface area contributed by atoms with Crippen LogP contribution in [0.25, 0.3) is 0 Å². The molecular formula is C13H21NS. The van der Waals surface area contributed by atoms with Gasteiger partial charge in [0, 0.05) is 11.4 Å². The maximum atomic E-state index is 3.60. The molecule has 0 bridgehead atoms. The lowest BCUT2D eigenvalue weighted by atomic mass is 9.80. The zero-order valence-corrected chi connectivity index (χ0v) is 10.4. The van der Waals surface area contributed by atoms with Crippen molar-refractivity contribution in [2.45, 2.75) is 39.2 Å². The third kappa shape index (κ3) is 3.32. The quantitative estimate of drug-likeness (QED) is 0.821. The minimum Gasteiger partial charge on any atom is -0.312 e. The van der Waals surface area contributed by atoms with Crippen LogP contribution in [0.3, 0.4) is 0 Å². The van der Waals surface area contributed by atoms with Gasteiger partial charge in [-0.25, -0.2) is 0 Å². The molecule has 1 aliphatic rings. The lowest BCUT2D eigenvalue weighted by molar-refractivity contribution is 0.248. The van der Waals surface area contributed by atoms with Crippen LogP contribution in [-0.2, 0) is 6.54 Å². The topological polar surface area (TPSA) is 12.0 Å². The number of hydrogen-bond donors (Lipinski definition) is 1. The van der Waals surface area contributed by atoms with E-state index >= 15 is 0 Å². The number of hydrogen-bond acceptors (Lipinski definition) is 2. The minimum atomic E-state index is 0.915. The van der Waals surface area contributed by atoms with E-state index < -0.39 is 0 Å². The standard InChI is InChI=1S/C13H21NS/c1-11-5-2-3-6-12(11)9-14-10-13-7-4-8-15-13/h4,7-8,11-12,14H,2-3,5-6,9-10H2,1H3. The molecule has 1 N–H and O–H groups in total. The highest BCUT2D eigenvalue weighted by Gasteiger charge is 2.20. The van der Waals surface area contributed by atoms with Gasteiger partial charge in [0.2, 0.25) is 0 Å². The SMILES string of the molecule is CC1CCCCC1CNCc1cccs1. The Morgan fingerprint density at radius 3 is 3.00 bits per heavy atom. The largest absolute Gasteiger partial charge is 0.312 e. The maximum absolute atomic E-state index is 3.60.